The van der Waals surface area contributed by atoms with Crippen LogP contribution in [0.5, 0.6) is 0 Å². The summed E-state index contributed by atoms with van der Waals surface area (Å²) in [6.45, 7) is 14.4. The maximum atomic E-state index is 3.70. The van der Waals surface area contributed by atoms with Crippen molar-refractivity contribution in [3.63, 3.8) is 0 Å². The maximum Gasteiger partial charge on any atom is 0.00767 e. The SMILES string of the molecule is CCC(CC)CN1CCC(CC)NCC(C)C1. The van der Waals surface area contributed by atoms with Crippen molar-refractivity contribution in [2.45, 2.75) is 59.4 Å². The number of rotatable bonds is 5. The van der Waals surface area contributed by atoms with Crippen molar-refractivity contribution >= 4 is 0 Å². The van der Waals surface area contributed by atoms with E-state index in [-0.39, 0.29) is 0 Å². The zero-order chi connectivity index (χ0) is 12.7. The van der Waals surface area contributed by atoms with Gasteiger partial charge < -0.3 is 10.2 Å². The van der Waals surface area contributed by atoms with Crippen molar-refractivity contribution in [3.8, 4) is 0 Å². The lowest BCUT2D eigenvalue weighted by molar-refractivity contribution is 0.168. The summed E-state index contributed by atoms with van der Waals surface area (Å²) >= 11 is 0. The van der Waals surface area contributed by atoms with Crippen LogP contribution in [0.4, 0.5) is 0 Å². The first-order valence-electron chi connectivity index (χ1n) is 7.65. The van der Waals surface area contributed by atoms with E-state index in [4.69, 9.17) is 0 Å². The summed E-state index contributed by atoms with van der Waals surface area (Å²) < 4.78 is 0. The highest BCUT2D eigenvalue weighted by atomic mass is 15.1. The minimum Gasteiger partial charge on any atom is -0.314 e. The maximum absolute atomic E-state index is 3.70. The summed E-state index contributed by atoms with van der Waals surface area (Å²) in [5, 5.41) is 3.70. The average Bonchev–Trinajstić information content (AvgIpc) is 2.32. The molecule has 2 heteroatoms. The summed E-state index contributed by atoms with van der Waals surface area (Å²) in [5.41, 5.74) is 0. The molecular formula is C15H32N2. The van der Waals surface area contributed by atoms with E-state index in [9.17, 15) is 0 Å². The van der Waals surface area contributed by atoms with Crippen LogP contribution >= 0.6 is 0 Å². The minimum atomic E-state index is 0.738. The Labute approximate surface area is 108 Å². The van der Waals surface area contributed by atoms with Crippen LogP contribution in [0, 0.1) is 11.8 Å². The van der Waals surface area contributed by atoms with E-state index in [0.29, 0.717) is 0 Å². The highest BCUT2D eigenvalue weighted by Gasteiger charge is 2.19. The average molecular weight is 240 g/mol. The van der Waals surface area contributed by atoms with E-state index >= 15 is 0 Å². The first-order chi connectivity index (χ1) is 8.19. The van der Waals surface area contributed by atoms with Crippen LogP contribution in [0.2, 0.25) is 0 Å². The Hall–Kier alpha value is -0.0800. The molecule has 17 heavy (non-hydrogen) atoms. The van der Waals surface area contributed by atoms with Crippen molar-refractivity contribution in [1.82, 2.24) is 10.2 Å². The largest absolute Gasteiger partial charge is 0.314 e. The second-order valence-corrected chi connectivity index (χ2v) is 5.85. The van der Waals surface area contributed by atoms with Crippen molar-refractivity contribution in [1.29, 1.82) is 0 Å². The topological polar surface area (TPSA) is 15.3 Å². The van der Waals surface area contributed by atoms with Crippen molar-refractivity contribution in [3.05, 3.63) is 0 Å². The Balaban J connectivity index is 2.46. The van der Waals surface area contributed by atoms with Crippen LogP contribution in [0.1, 0.15) is 53.4 Å². The molecule has 0 aliphatic carbocycles. The van der Waals surface area contributed by atoms with Gasteiger partial charge in [0.15, 0.2) is 0 Å². The summed E-state index contributed by atoms with van der Waals surface area (Å²) in [5.74, 6) is 1.69. The fraction of sp³-hybridized carbons (Fsp3) is 1.00. The first-order valence-corrected chi connectivity index (χ1v) is 7.65. The van der Waals surface area contributed by atoms with Gasteiger partial charge in [0.25, 0.3) is 0 Å². The van der Waals surface area contributed by atoms with Crippen LogP contribution in [-0.4, -0.2) is 37.1 Å². The van der Waals surface area contributed by atoms with Gasteiger partial charge in [0.1, 0.15) is 0 Å². The van der Waals surface area contributed by atoms with E-state index in [0.717, 1.165) is 17.9 Å². The molecule has 1 aliphatic rings. The number of hydrogen-bond donors (Lipinski definition) is 1. The van der Waals surface area contributed by atoms with Gasteiger partial charge in [0.05, 0.1) is 0 Å². The van der Waals surface area contributed by atoms with Gasteiger partial charge in [-0.05, 0) is 37.8 Å². The third-order valence-corrected chi connectivity index (χ3v) is 4.28. The predicted molar refractivity (Wildman–Crippen MR) is 76.4 cm³/mol. The monoisotopic (exact) mass is 240 g/mol. The zero-order valence-corrected chi connectivity index (χ0v) is 12.3. The van der Waals surface area contributed by atoms with E-state index in [1.165, 1.54) is 51.9 Å². The van der Waals surface area contributed by atoms with Crippen LogP contribution in [-0.2, 0) is 0 Å². The molecular weight excluding hydrogens is 208 g/mol. The molecule has 2 atom stereocenters. The smallest absolute Gasteiger partial charge is 0.00767 e. The lowest BCUT2D eigenvalue weighted by Crippen LogP contribution is -2.44. The second kappa shape index (κ2) is 8.10. The van der Waals surface area contributed by atoms with Gasteiger partial charge in [-0.2, -0.15) is 0 Å². The molecule has 1 saturated heterocycles. The molecule has 0 aromatic carbocycles. The van der Waals surface area contributed by atoms with Crippen LogP contribution < -0.4 is 5.32 Å². The highest BCUT2D eigenvalue weighted by molar-refractivity contribution is 4.76. The molecule has 0 bridgehead atoms. The summed E-state index contributed by atoms with van der Waals surface area (Å²) in [4.78, 5) is 2.71. The van der Waals surface area contributed by atoms with Crippen molar-refractivity contribution < 1.29 is 0 Å². The second-order valence-electron chi connectivity index (χ2n) is 5.85. The molecule has 102 valence electrons. The summed E-state index contributed by atoms with van der Waals surface area (Å²) in [6.07, 6.45) is 5.25. The van der Waals surface area contributed by atoms with Crippen molar-refractivity contribution in [2.24, 2.45) is 11.8 Å². The summed E-state index contributed by atoms with van der Waals surface area (Å²) in [7, 11) is 0. The van der Waals surface area contributed by atoms with E-state index in [1.807, 2.05) is 0 Å². The third kappa shape index (κ3) is 5.39. The van der Waals surface area contributed by atoms with Gasteiger partial charge in [0.2, 0.25) is 0 Å². The molecule has 1 N–H and O–H groups in total. The van der Waals surface area contributed by atoms with Crippen LogP contribution in [0.15, 0.2) is 0 Å². The molecule has 1 heterocycles. The zero-order valence-electron chi connectivity index (χ0n) is 12.3. The number of nitrogens with one attached hydrogen (secondary N) is 1. The van der Waals surface area contributed by atoms with Gasteiger partial charge in [-0.25, -0.2) is 0 Å². The quantitative estimate of drug-likeness (QED) is 0.794. The molecule has 2 unspecified atom stereocenters. The van der Waals surface area contributed by atoms with Gasteiger partial charge >= 0.3 is 0 Å². The lowest BCUT2D eigenvalue weighted by atomic mass is 10.00. The molecule has 0 saturated carbocycles. The van der Waals surface area contributed by atoms with E-state index in [2.05, 4.69) is 37.9 Å². The molecule has 1 rings (SSSR count). The number of nitrogens with zero attached hydrogens (tertiary/aromatic N) is 1. The molecule has 1 fully saturated rings. The molecule has 0 aromatic heterocycles. The predicted octanol–water partition coefficient (Wildman–Crippen LogP) is 3.13. The molecule has 2 nitrogen and oxygen atoms in total. The molecule has 1 aliphatic heterocycles. The normalized spacial score (nSPS) is 28.1. The molecule has 0 radical (unpaired) electrons. The Kier molecular flexibility index (Phi) is 7.14. The Bertz CT molecular complexity index is 189. The Morgan fingerprint density at radius 2 is 1.94 bits per heavy atom. The number of hydrogen-bond acceptors (Lipinski definition) is 2. The van der Waals surface area contributed by atoms with Gasteiger partial charge in [-0.1, -0.05) is 40.5 Å². The molecule has 0 amide bonds. The van der Waals surface area contributed by atoms with Crippen LogP contribution in [0.25, 0.3) is 0 Å². The molecule has 0 spiro atoms. The standard InChI is InChI=1S/C15H32N2/c1-5-14(6-2)12-17-9-8-15(7-3)16-10-13(4)11-17/h13-16H,5-12H2,1-4H3. The molecule has 0 aromatic rings. The van der Waals surface area contributed by atoms with Crippen molar-refractivity contribution in [2.75, 3.05) is 26.2 Å². The highest BCUT2D eigenvalue weighted by Crippen LogP contribution is 2.14. The first kappa shape index (κ1) is 15.0. The lowest BCUT2D eigenvalue weighted by Gasteiger charge is -2.34. The minimum absolute atomic E-state index is 0.738. The van der Waals surface area contributed by atoms with Gasteiger partial charge in [-0.3, -0.25) is 0 Å². The summed E-state index contributed by atoms with van der Waals surface area (Å²) in [6, 6.07) is 0.738. The van der Waals surface area contributed by atoms with Gasteiger partial charge in [0, 0.05) is 19.1 Å². The van der Waals surface area contributed by atoms with Gasteiger partial charge in [-0.15, -0.1) is 0 Å². The Morgan fingerprint density at radius 3 is 2.53 bits per heavy atom. The fourth-order valence-corrected chi connectivity index (χ4v) is 2.83. The Morgan fingerprint density at radius 1 is 1.24 bits per heavy atom. The third-order valence-electron chi connectivity index (χ3n) is 4.28. The van der Waals surface area contributed by atoms with E-state index < -0.39 is 0 Å². The fourth-order valence-electron chi connectivity index (χ4n) is 2.83. The van der Waals surface area contributed by atoms with E-state index in [1.54, 1.807) is 0 Å². The van der Waals surface area contributed by atoms with Crippen LogP contribution in [0.3, 0.4) is 0 Å².